The summed E-state index contributed by atoms with van der Waals surface area (Å²) in [4.78, 5) is 0. The van der Waals surface area contributed by atoms with E-state index in [0.29, 0.717) is 15.8 Å². The van der Waals surface area contributed by atoms with Crippen LogP contribution in [0.2, 0.25) is 10.0 Å². The number of nitrogens with zero attached hydrogens (tertiary/aromatic N) is 2. The maximum Gasteiger partial charge on any atom is 0.210 e. The van der Waals surface area contributed by atoms with E-state index in [1.165, 1.54) is 11.3 Å². The third-order valence-corrected chi connectivity index (χ3v) is 6.46. The number of para-hydroxylation sites is 1. The van der Waals surface area contributed by atoms with Gasteiger partial charge in [0.1, 0.15) is 11.5 Å². The van der Waals surface area contributed by atoms with Crippen LogP contribution in [0.25, 0.3) is 0 Å². The minimum Gasteiger partial charge on any atom is -0.457 e. The third kappa shape index (κ3) is 5.64. The topological polar surface area (TPSA) is 47.0 Å². The fourth-order valence-corrected chi connectivity index (χ4v) is 4.78. The van der Waals surface area contributed by atoms with E-state index in [-0.39, 0.29) is 0 Å². The van der Waals surface area contributed by atoms with Crippen molar-refractivity contribution < 1.29 is 4.74 Å². The van der Waals surface area contributed by atoms with Crippen LogP contribution in [-0.4, -0.2) is 10.2 Å². The molecule has 0 unspecified atom stereocenters. The van der Waals surface area contributed by atoms with E-state index in [1.54, 1.807) is 17.8 Å². The lowest BCUT2D eigenvalue weighted by Crippen LogP contribution is -1.90. The molecular weight excluding hydrogens is 445 g/mol. The molecule has 4 aromatic rings. The van der Waals surface area contributed by atoms with E-state index < -0.39 is 0 Å². The molecule has 146 valence electrons. The van der Waals surface area contributed by atoms with Gasteiger partial charge in [-0.3, -0.25) is 0 Å². The van der Waals surface area contributed by atoms with Crippen molar-refractivity contribution in [2.24, 2.45) is 0 Å². The Morgan fingerprint density at radius 2 is 1.66 bits per heavy atom. The summed E-state index contributed by atoms with van der Waals surface area (Å²) in [5, 5.41) is 13.7. The standard InChI is InChI=1S/C21H15Cl2N3OS2/c22-15-7-6-14(19(23)12-15)13-28-21-26-25-20(29-21)24-16-8-10-18(11-9-16)27-17-4-2-1-3-5-17/h1-12H,13H2,(H,24,25). The van der Waals surface area contributed by atoms with E-state index in [2.05, 4.69) is 15.5 Å². The van der Waals surface area contributed by atoms with Gasteiger partial charge >= 0.3 is 0 Å². The minimum atomic E-state index is 0.631. The number of benzene rings is 3. The van der Waals surface area contributed by atoms with Crippen molar-refractivity contribution in [2.45, 2.75) is 10.1 Å². The van der Waals surface area contributed by atoms with Gasteiger partial charge in [0.15, 0.2) is 4.34 Å². The van der Waals surface area contributed by atoms with Crippen LogP contribution >= 0.6 is 46.3 Å². The molecule has 0 bridgehead atoms. The molecule has 0 atom stereocenters. The zero-order chi connectivity index (χ0) is 20.1. The monoisotopic (exact) mass is 459 g/mol. The Labute approximate surface area is 186 Å². The first-order valence-corrected chi connectivity index (χ1v) is 11.2. The molecular formula is C21H15Cl2N3OS2. The Hall–Kier alpha value is -2.25. The number of thioether (sulfide) groups is 1. The van der Waals surface area contributed by atoms with Gasteiger partial charge < -0.3 is 10.1 Å². The van der Waals surface area contributed by atoms with E-state index in [0.717, 1.165) is 32.2 Å². The van der Waals surface area contributed by atoms with Crippen molar-refractivity contribution in [1.82, 2.24) is 10.2 Å². The summed E-state index contributed by atoms with van der Waals surface area (Å²) in [5.41, 5.74) is 1.93. The molecule has 0 saturated heterocycles. The van der Waals surface area contributed by atoms with Gasteiger partial charge in [-0.05, 0) is 54.1 Å². The van der Waals surface area contributed by atoms with E-state index in [1.807, 2.05) is 66.7 Å². The highest BCUT2D eigenvalue weighted by molar-refractivity contribution is 8.00. The average Bonchev–Trinajstić information content (AvgIpc) is 3.17. The quantitative estimate of drug-likeness (QED) is 0.287. The highest BCUT2D eigenvalue weighted by Gasteiger charge is 2.08. The zero-order valence-corrected chi connectivity index (χ0v) is 18.2. The normalized spacial score (nSPS) is 10.7. The van der Waals surface area contributed by atoms with Crippen LogP contribution < -0.4 is 10.1 Å². The van der Waals surface area contributed by atoms with Crippen LogP contribution in [0.15, 0.2) is 77.1 Å². The molecule has 4 rings (SSSR count). The number of ether oxygens (including phenoxy) is 1. The second-order valence-corrected chi connectivity index (χ2v) is 9.01. The summed E-state index contributed by atoms with van der Waals surface area (Å²) in [6.07, 6.45) is 0. The van der Waals surface area contributed by atoms with Crippen LogP contribution in [0, 0.1) is 0 Å². The van der Waals surface area contributed by atoms with Gasteiger partial charge in [0.2, 0.25) is 5.13 Å². The van der Waals surface area contributed by atoms with Gasteiger partial charge in [0.05, 0.1) is 0 Å². The van der Waals surface area contributed by atoms with Gasteiger partial charge in [-0.1, -0.05) is 70.6 Å². The summed E-state index contributed by atoms with van der Waals surface area (Å²) in [6.45, 7) is 0. The molecule has 1 N–H and O–H groups in total. The SMILES string of the molecule is Clc1ccc(CSc2nnc(Nc3ccc(Oc4ccccc4)cc3)s2)c(Cl)c1. The lowest BCUT2D eigenvalue weighted by atomic mass is 10.2. The smallest absolute Gasteiger partial charge is 0.210 e. The Morgan fingerprint density at radius 3 is 2.41 bits per heavy atom. The fraction of sp³-hybridized carbons (Fsp3) is 0.0476. The van der Waals surface area contributed by atoms with Crippen LogP contribution in [0.5, 0.6) is 11.5 Å². The van der Waals surface area contributed by atoms with E-state index in [9.17, 15) is 0 Å². The fourth-order valence-electron chi connectivity index (χ4n) is 2.45. The van der Waals surface area contributed by atoms with Gasteiger partial charge in [-0.2, -0.15) is 0 Å². The predicted octanol–water partition coefficient (Wildman–Crippen LogP) is 7.67. The second-order valence-electron chi connectivity index (χ2n) is 5.96. The molecule has 0 aliphatic carbocycles. The Balaban J connectivity index is 1.34. The van der Waals surface area contributed by atoms with Gasteiger partial charge in [-0.15, -0.1) is 10.2 Å². The van der Waals surface area contributed by atoms with Crippen molar-refractivity contribution in [2.75, 3.05) is 5.32 Å². The average molecular weight is 460 g/mol. The highest BCUT2D eigenvalue weighted by Crippen LogP contribution is 2.33. The molecule has 0 amide bonds. The maximum absolute atomic E-state index is 6.22. The van der Waals surface area contributed by atoms with Crippen molar-refractivity contribution >= 4 is 57.1 Å². The maximum atomic E-state index is 6.22. The van der Waals surface area contributed by atoms with Crippen LogP contribution in [0.4, 0.5) is 10.8 Å². The number of rotatable bonds is 7. The van der Waals surface area contributed by atoms with Gasteiger partial charge in [0.25, 0.3) is 0 Å². The zero-order valence-electron chi connectivity index (χ0n) is 15.0. The molecule has 0 saturated carbocycles. The first kappa shape index (κ1) is 20.0. The molecule has 29 heavy (non-hydrogen) atoms. The second kappa shape index (κ2) is 9.50. The summed E-state index contributed by atoms with van der Waals surface area (Å²) in [5.74, 6) is 2.28. The number of halogens is 2. The molecule has 1 aromatic heterocycles. The van der Waals surface area contributed by atoms with Crippen LogP contribution in [-0.2, 0) is 5.75 Å². The largest absolute Gasteiger partial charge is 0.457 e. The first-order chi connectivity index (χ1) is 14.2. The van der Waals surface area contributed by atoms with Crippen LogP contribution in [0.3, 0.4) is 0 Å². The molecule has 0 aliphatic heterocycles. The summed E-state index contributed by atoms with van der Waals surface area (Å²) in [6, 6.07) is 22.9. The first-order valence-electron chi connectivity index (χ1n) is 8.66. The lowest BCUT2D eigenvalue weighted by Gasteiger charge is -2.07. The molecule has 3 aromatic carbocycles. The van der Waals surface area contributed by atoms with Gasteiger partial charge in [-0.25, -0.2) is 0 Å². The third-order valence-electron chi connectivity index (χ3n) is 3.86. The van der Waals surface area contributed by atoms with E-state index in [4.69, 9.17) is 27.9 Å². The van der Waals surface area contributed by atoms with E-state index >= 15 is 0 Å². The minimum absolute atomic E-state index is 0.631. The van der Waals surface area contributed by atoms with Crippen molar-refractivity contribution in [3.63, 3.8) is 0 Å². The molecule has 8 heteroatoms. The summed E-state index contributed by atoms with van der Waals surface area (Å²) < 4.78 is 6.67. The summed E-state index contributed by atoms with van der Waals surface area (Å²) in [7, 11) is 0. The number of anilines is 2. The Morgan fingerprint density at radius 1 is 0.897 bits per heavy atom. The predicted molar refractivity (Wildman–Crippen MR) is 122 cm³/mol. The van der Waals surface area contributed by atoms with Crippen molar-refractivity contribution in [1.29, 1.82) is 0 Å². The Bertz CT molecular complexity index is 1090. The molecule has 0 aliphatic rings. The Kier molecular flexibility index (Phi) is 6.56. The number of nitrogens with one attached hydrogen (secondary N) is 1. The molecule has 0 radical (unpaired) electrons. The molecule has 0 spiro atoms. The number of aromatic nitrogens is 2. The lowest BCUT2D eigenvalue weighted by molar-refractivity contribution is 0.483. The summed E-state index contributed by atoms with van der Waals surface area (Å²) >= 11 is 15.2. The number of hydrogen-bond acceptors (Lipinski definition) is 6. The molecule has 0 fully saturated rings. The molecule has 4 nitrogen and oxygen atoms in total. The van der Waals surface area contributed by atoms with Gasteiger partial charge in [0, 0.05) is 21.5 Å². The van der Waals surface area contributed by atoms with Crippen molar-refractivity contribution in [3.8, 4) is 11.5 Å². The highest BCUT2D eigenvalue weighted by atomic mass is 35.5. The number of hydrogen-bond donors (Lipinski definition) is 1. The van der Waals surface area contributed by atoms with Crippen LogP contribution in [0.1, 0.15) is 5.56 Å². The molecule has 1 heterocycles. The van der Waals surface area contributed by atoms with Crippen molar-refractivity contribution in [3.05, 3.63) is 88.4 Å².